The number of hydrogen-bond donors (Lipinski definition) is 3. The zero-order valence-corrected chi connectivity index (χ0v) is 23.3. The van der Waals surface area contributed by atoms with E-state index in [1.807, 2.05) is 34.6 Å². The van der Waals surface area contributed by atoms with Crippen molar-refractivity contribution in [3.63, 3.8) is 0 Å². The highest BCUT2D eigenvalue weighted by atomic mass is 16.7. The number of nitrogens with zero attached hydrogens (tertiary/aromatic N) is 2. The van der Waals surface area contributed by atoms with E-state index in [-0.39, 0.29) is 35.9 Å². The maximum absolute atomic E-state index is 12.5. The maximum Gasteiger partial charge on any atom is 0.293 e. The number of nitrogens with one attached hydrogen (secondary N) is 3. The molecule has 1 aromatic heterocycles. The van der Waals surface area contributed by atoms with E-state index in [1.54, 1.807) is 4.90 Å². The molecular weight excluding hydrogens is 478 g/mol. The van der Waals surface area contributed by atoms with Gasteiger partial charge in [-0.05, 0) is 36.8 Å². The van der Waals surface area contributed by atoms with Crippen LogP contribution in [0.2, 0.25) is 0 Å². The molecule has 2 heterocycles. The number of aromatic nitrogens is 1. The van der Waals surface area contributed by atoms with E-state index in [2.05, 4.69) is 42.0 Å². The van der Waals surface area contributed by atoms with Crippen LogP contribution in [0.1, 0.15) is 82.8 Å². The highest BCUT2D eigenvalue weighted by molar-refractivity contribution is 5.95. The van der Waals surface area contributed by atoms with Gasteiger partial charge in [0.1, 0.15) is 11.4 Å². The van der Waals surface area contributed by atoms with Crippen molar-refractivity contribution in [2.24, 2.45) is 17.8 Å². The molecule has 0 aliphatic carbocycles. The predicted octanol–water partition coefficient (Wildman–Crippen LogP) is 2.48. The number of carbonyl (C=O) groups excluding carboxylic acids is 4. The van der Waals surface area contributed by atoms with Crippen LogP contribution in [0.25, 0.3) is 0 Å². The normalized spacial score (nSPS) is 17.1. The molecule has 1 saturated heterocycles. The molecule has 0 bridgehead atoms. The second kappa shape index (κ2) is 15.9. The van der Waals surface area contributed by atoms with Crippen LogP contribution in [-0.4, -0.2) is 65.4 Å². The second-order valence-electron chi connectivity index (χ2n) is 10.6. The van der Waals surface area contributed by atoms with Gasteiger partial charge in [0.05, 0.1) is 0 Å². The van der Waals surface area contributed by atoms with Gasteiger partial charge in [-0.2, -0.15) is 0 Å². The molecule has 4 amide bonds. The largest absolute Gasteiger partial charge is 0.354 e. The summed E-state index contributed by atoms with van der Waals surface area (Å²) in [6, 6.07) is 4.28. The van der Waals surface area contributed by atoms with Crippen LogP contribution in [-0.2, 0) is 19.3 Å². The molecule has 2 atom stereocenters. The second-order valence-corrected chi connectivity index (χ2v) is 10.6. The lowest BCUT2D eigenvalue weighted by Crippen LogP contribution is -2.39. The van der Waals surface area contributed by atoms with Crippen molar-refractivity contribution < 1.29 is 28.9 Å². The monoisotopic (exact) mass is 521 g/mol. The molecule has 1 aliphatic rings. The van der Waals surface area contributed by atoms with Gasteiger partial charge in [-0.25, -0.2) is 15.9 Å². The summed E-state index contributed by atoms with van der Waals surface area (Å²) in [5.41, 5.74) is 4.21. The molecule has 0 saturated carbocycles. The third kappa shape index (κ3) is 12.2. The molecule has 11 heteroatoms. The first-order valence-corrected chi connectivity index (χ1v) is 12.7. The average molecular weight is 522 g/mol. The lowest BCUT2D eigenvalue weighted by molar-refractivity contribution is -0.141. The Morgan fingerprint density at radius 2 is 1.57 bits per heavy atom. The van der Waals surface area contributed by atoms with E-state index in [9.17, 15) is 19.2 Å². The molecule has 0 aromatic carbocycles. The molecule has 1 unspecified atom stereocenters. The van der Waals surface area contributed by atoms with Gasteiger partial charge in [-0.15, -0.1) is 0 Å². The zero-order chi connectivity index (χ0) is 28.1. The van der Waals surface area contributed by atoms with E-state index in [1.165, 1.54) is 18.2 Å². The zero-order valence-electron chi connectivity index (χ0n) is 23.3. The van der Waals surface area contributed by atoms with Gasteiger partial charge < -0.3 is 10.2 Å². The molecule has 3 N–H and O–H groups in total. The first kappa shape index (κ1) is 32.0. The minimum Gasteiger partial charge on any atom is -0.354 e. The Morgan fingerprint density at radius 1 is 1.00 bits per heavy atom. The Morgan fingerprint density at radius 3 is 2.11 bits per heavy atom. The Labute approximate surface area is 220 Å². The number of hydrogen-bond acceptors (Lipinski definition) is 7. The van der Waals surface area contributed by atoms with Gasteiger partial charge in [0.2, 0.25) is 5.91 Å². The standard InChI is InChI=1S/C22H33N5O6.C4H10/c1-13(2)10-23-19(28)12-32-25-20(29)16-7-6-8-17(24-16)21(30)26-33-18-9-15(5)27(22(18)31)11-14(3)4;1-4(2)3/h6-8,13-15,18H,9-12H2,1-5H3,(H,23,28)(H,25,29)(H,26,30);4H,1-3H3/t15?,18-;/m1./s1. The third-order valence-corrected chi connectivity index (χ3v) is 4.79. The summed E-state index contributed by atoms with van der Waals surface area (Å²) in [6.07, 6.45) is -0.312. The van der Waals surface area contributed by atoms with Crippen LogP contribution in [0.4, 0.5) is 0 Å². The number of rotatable bonds is 11. The Bertz CT molecular complexity index is 902. The third-order valence-electron chi connectivity index (χ3n) is 4.79. The summed E-state index contributed by atoms with van der Waals surface area (Å²) >= 11 is 0. The highest BCUT2D eigenvalue weighted by Gasteiger charge is 2.38. The van der Waals surface area contributed by atoms with Crippen LogP contribution in [0.15, 0.2) is 18.2 Å². The first-order chi connectivity index (χ1) is 17.3. The summed E-state index contributed by atoms with van der Waals surface area (Å²) in [4.78, 5) is 64.7. The van der Waals surface area contributed by atoms with Gasteiger partial charge in [-0.1, -0.05) is 54.5 Å². The first-order valence-electron chi connectivity index (χ1n) is 12.7. The van der Waals surface area contributed by atoms with Gasteiger partial charge in [-0.3, -0.25) is 28.9 Å². The molecule has 37 heavy (non-hydrogen) atoms. The van der Waals surface area contributed by atoms with Crippen LogP contribution in [0.3, 0.4) is 0 Å². The smallest absolute Gasteiger partial charge is 0.293 e. The van der Waals surface area contributed by atoms with Crippen molar-refractivity contribution in [1.29, 1.82) is 0 Å². The lowest BCUT2D eigenvalue weighted by Gasteiger charge is -2.23. The summed E-state index contributed by atoms with van der Waals surface area (Å²) < 4.78 is 0. The molecule has 1 aliphatic heterocycles. The van der Waals surface area contributed by atoms with Crippen molar-refractivity contribution in [3.05, 3.63) is 29.6 Å². The Balaban J connectivity index is 0.00000159. The van der Waals surface area contributed by atoms with Crippen molar-refractivity contribution in [2.45, 2.75) is 74.0 Å². The van der Waals surface area contributed by atoms with Gasteiger partial charge in [0.25, 0.3) is 17.7 Å². The van der Waals surface area contributed by atoms with Gasteiger partial charge >= 0.3 is 0 Å². The highest BCUT2D eigenvalue weighted by Crippen LogP contribution is 2.22. The SMILES string of the molecule is CC(C)C.CC(C)CNC(=O)CONC(=O)c1cccc(C(=O)NO[C@@H]2CC(C)N(CC(C)C)C2=O)n1. The van der Waals surface area contributed by atoms with Crippen LogP contribution in [0.5, 0.6) is 0 Å². The number of likely N-dealkylation sites (tertiary alicyclic amines) is 1. The molecule has 0 spiro atoms. The summed E-state index contributed by atoms with van der Waals surface area (Å²) in [5.74, 6) is -0.508. The summed E-state index contributed by atoms with van der Waals surface area (Å²) in [5, 5.41) is 2.65. The molecule has 1 aromatic rings. The Hall–Kier alpha value is -3.05. The van der Waals surface area contributed by atoms with E-state index >= 15 is 0 Å². The van der Waals surface area contributed by atoms with Crippen molar-refractivity contribution in [2.75, 3.05) is 19.7 Å². The van der Waals surface area contributed by atoms with E-state index in [0.717, 1.165) is 5.92 Å². The van der Waals surface area contributed by atoms with E-state index < -0.39 is 17.9 Å². The lowest BCUT2D eigenvalue weighted by atomic mass is 10.2. The van der Waals surface area contributed by atoms with Crippen LogP contribution < -0.4 is 16.3 Å². The van der Waals surface area contributed by atoms with Gasteiger partial charge in [0, 0.05) is 25.6 Å². The van der Waals surface area contributed by atoms with Gasteiger partial charge in [0.15, 0.2) is 12.7 Å². The van der Waals surface area contributed by atoms with Crippen LogP contribution in [0, 0.1) is 17.8 Å². The minimum absolute atomic E-state index is 0.0133. The van der Waals surface area contributed by atoms with Crippen molar-refractivity contribution in [1.82, 2.24) is 26.2 Å². The molecule has 208 valence electrons. The predicted molar refractivity (Wildman–Crippen MR) is 139 cm³/mol. The summed E-state index contributed by atoms with van der Waals surface area (Å²) in [6.45, 7) is 17.2. The quantitative estimate of drug-likeness (QED) is 0.380. The topological polar surface area (TPSA) is 139 Å². The minimum atomic E-state index is -0.774. The fourth-order valence-electron chi connectivity index (χ4n) is 3.15. The number of hydroxylamine groups is 2. The summed E-state index contributed by atoms with van der Waals surface area (Å²) in [7, 11) is 0. The fourth-order valence-corrected chi connectivity index (χ4v) is 3.15. The fraction of sp³-hybridized carbons (Fsp3) is 0.654. The average Bonchev–Trinajstić information content (AvgIpc) is 3.08. The molecule has 1 fully saturated rings. The molecule has 11 nitrogen and oxygen atoms in total. The molecular formula is C26H43N5O6. The number of amides is 4. The number of carbonyl (C=O) groups is 4. The molecule has 0 radical (unpaired) electrons. The van der Waals surface area contributed by atoms with Crippen LogP contribution >= 0.6 is 0 Å². The van der Waals surface area contributed by atoms with Crippen molar-refractivity contribution >= 4 is 23.6 Å². The van der Waals surface area contributed by atoms with E-state index in [0.29, 0.717) is 31.3 Å². The molecule has 2 rings (SSSR count). The maximum atomic E-state index is 12.5. The van der Waals surface area contributed by atoms with E-state index in [4.69, 9.17) is 9.68 Å². The Kier molecular flexibility index (Phi) is 13.8. The van der Waals surface area contributed by atoms with Crippen molar-refractivity contribution in [3.8, 4) is 0 Å². The number of pyridine rings is 1.